The molecule has 0 radical (unpaired) electrons. The standard InChI is InChI=1S/C24H22O2S2/c25-21(16-8-7-13-19-11-3-1-4-12-19)22(24-27-17-9-10-18-28-24)23(26)20-14-5-2-6-15-20/h1-8,11-16H,9-10,17-18H2. The third-order valence-corrected chi connectivity index (χ3v) is 6.79. The summed E-state index contributed by atoms with van der Waals surface area (Å²) >= 11 is 3.26. The lowest BCUT2D eigenvalue weighted by Gasteiger charge is -2.10. The van der Waals surface area contributed by atoms with Gasteiger partial charge in [0, 0.05) is 5.56 Å². The van der Waals surface area contributed by atoms with Gasteiger partial charge in [-0.25, -0.2) is 0 Å². The predicted octanol–water partition coefficient (Wildman–Crippen LogP) is 6.18. The van der Waals surface area contributed by atoms with Gasteiger partial charge in [-0.2, -0.15) is 0 Å². The van der Waals surface area contributed by atoms with E-state index in [0.29, 0.717) is 11.1 Å². The molecule has 0 atom stereocenters. The monoisotopic (exact) mass is 406 g/mol. The van der Waals surface area contributed by atoms with Crippen molar-refractivity contribution in [3.8, 4) is 0 Å². The highest BCUT2D eigenvalue weighted by molar-refractivity contribution is 8.22. The topological polar surface area (TPSA) is 34.1 Å². The van der Waals surface area contributed by atoms with Crippen molar-refractivity contribution in [3.63, 3.8) is 0 Å². The molecule has 0 unspecified atom stereocenters. The molecule has 1 aliphatic rings. The molecule has 28 heavy (non-hydrogen) atoms. The second kappa shape index (κ2) is 10.9. The van der Waals surface area contributed by atoms with E-state index in [-0.39, 0.29) is 11.6 Å². The van der Waals surface area contributed by atoms with Crippen molar-refractivity contribution in [3.05, 3.63) is 99.8 Å². The van der Waals surface area contributed by atoms with Crippen LogP contribution in [0.3, 0.4) is 0 Å². The largest absolute Gasteiger partial charge is 0.289 e. The van der Waals surface area contributed by atoms with Gasteiger partial charge >= 0.3 is 0 Å². The number of ketones is 2. The number of Topliss-reactive ketones (excluding diaryl/α,β-unsaturated/α-hetero) is 1. The first kappa shape index (κ1) is 20.4. The summed E-state index contributed by atoms with van der Waals surface area (Å²) in [5.41, 5.74) is 1.91. The van der Waals surface area contributed by atoms with Gasteiger partial charge in [-0.15, -0.1) is 23.5 Å². The molecule has 4 heteroatoms. The number of hydrogen-bond acceptors (Lipinski definition) is 4. The Kier molecular flexibility index (Phi) is 7.94. The molecule has 2 nitrogen and oxygen atoms in total. The van der Waals surface area contributed by atoms with Crippen LogP contribution in [0.2, 0.25) is 0 Å². The van der Waals surface area contributed by atoms with Crippen LogP contribution < -0.4 is 0 Å². The van der Waals surface area contributed by atoms with Crippen molar-refractivity contribution in [2.75, 3.05) is 11.5 Å². The first-order valence-corrected chi connectivity index (χ1v) is 11.3. The summed E-state index contributed by atoms with van der Waals surface area (Å²) in [7, 11) is 0. The molecule has 2 aromatic carbocycles. The van der Waals surface area contributed by atoms with Crippen molar-refractivity contribution in [1.29, 1.82) is 0 Å². The molecular formula is C24H22O2S2. The zero-order valence-corrected chi connectivity index (χ0v) is 17.2. The van der Waals surface area contributed by atoms with Crippen molar-refractivity contribution < 1.29 is 9.59 Å². The highest BCUT2D eigenvalue weighted by atomic mass is 32.2. The van der Waals surface area contributed by atoms with Crippen LogP contribution in [0.1, 0.15) is 28.8 Å². The summed E-state index contributed by atoms with van der Waals surface area (Å²) in [6.07, 6.45) is 9.19. The van der Waals surface area contributed by atoms with Crippen LogP contribution in [0.4, 0.5) is 0 Å². The number of rotatable bonds is 6. The molecule has 1 heterocycles. The number of carbonyl (C=O) groups excluding carboxylic acids is 2. The number of thioether (sulfide) groups is 2. The fourth-order valence-corrected chi connectivity index (χ4v) is 5.29. The van der Waals surface area contributed by atoms with Gasteiger partial charge in [0.25, 0.3) is 0 Å². The molecule has 3 rings (SSSR count). The highest BCUT2D eigenvalue weighted by Crippen LogP contribution is 2.37. The van der Waals surface area contributed by atoms with Gasteiger partial charge < -0.3 is 0 Å². The predicted molar refractivity (Wildman–Crippen MR) is 122 cm³/mol. The molecular weight excluding hydrogens is 384 g/mol. The zero-order chi connectivity index (χ0) is 19.6. The van der Waals surface area contributed by atoms with Crippen LogP contribution in [0.15, 0.2) is 88.7 Å². The molecule has 1 fully saturated rings. The van der Waals surface area contributed by atoms with Gasteiger partial charge in [0.2, 0.25) is 0 Å². The molecule has 0 bridgehead atoms. The maximum Gasteiger partial charge on any atom is 0.198 e. The molecule has 142 valence electrons. The smallest absolute Gasteiger partial charge is 0.198 e. The molecule has 0 aromatic heterocycles. The van der Waals surface area contributed by atoms with Crippen LogP contribution in [0, 0.1) is 0 Å². The van der Waals surface area contributed by atoms with Crippen LogP contribution in [0.5, 0.6) is 0 Å². The molecule has 1 saturated heterocycles. The number of carbonyl (C=O) groups is 2. The minimum absolute atomic E-state index is 0.195. The summed E-state index contributed by atoms with van der Waals surface area (Å²) in [5.74, 6) is 1.46. The van der Waals surface area contributed by atoms with Crippen LogP contribution in [0.25, 0.3) is 6.08 Å². The number of benzene rings is 2. The fraction of sp³-hybridized carbons (Fsp3) is 0.167. The molecule has 0 aliphatic carbocycles. The van der Waals surface area contributed by atoms with E-state index in [1.54, 1.807) is 41.7 Å². The third kappa shape index (κ3) is 5.85. The van der Waals surface area contributed by atoms with E-state index in [1.165, 1.54) is 6.08 Å². The second-order valence-electron chi connectivity index (χ2n) is 6.25. The number of hydrogen-bond donors (Lipinski definition) is 0. The van der Waals surface area contributed by atoms with Crippen LogP contribution in [-0.4, -0.2) is 23.1 Å². The Morgan fingerprint density at radius 2 is 1.39 bits per heavy atom. The zero-order valence-electron chi connectivity index (χ0n) is 15.5. The molecule has 0 N–H and O–H groups in total. The summed E-state index contributed by atoms with van der Waals surface area (Å²) in [6.45, 7) is 0. The maximum atomic E-state index is 13.1. The minimum Gasteiger partial charge on any atom is -0.289 e. The lowest BCUT2D eigenvalue weighted by atomic mass is 10.0. The van der Waals surface area contributed by atoms with Gasteiger partial charge in [0.05, 0.1) is 9.81 Å². The summed E-state index contributed by atoms with van der Waals surface area (Å²) in [5, 5.41) is 0. The van der Waals surface area contributed by atoms with Crippen molar-refractivity contribution in [2.45, 2.75) is 12.8 Å². The quantitative estimate of drug-likeness (QED) is 0.189. The Morgan fingerprint density at radius 1 is 0.786 bits per heavy atom. The third-order valence-electron chi connectivity index (χ3n) is 4.17. The Balaban J connectivity index is 1.84. The molecule has 0 amide bonds. The van der Waals surface area contributed by atoms with Crippen molar-refractivity contribution in [2.24, 2.45) is 0 Å². The van der Waals surface area contributed by atoms with Gasteiger partial charge in [0.1, 0.15) is 0 Å². The van der Waals surface area contributed by atoms with Gasteiger partial charge in [-0.1, -0.05) is 78.9 Å². The van der Waals surface area contributed by atoms with E-state index >= 15 is 0 Å². The van der Waals surface area contributed by atoms with Gasteiger partial charge in [0.15, 0.2) is 11.6 Å². The normalized spacial score (nSPS) is 14.9. The van der Waals surface area contributed by atoms with E-state index in [1.807, 2.05) is 60.7 Å². The van der Waals surface area contributed by atoms with Crippen molar-refractivity contribution in [1.82, 2.24) is 0 Å². The molecule has 0 spiro atoms. The van der Waals surface area contributed by atoms with Gasteiger partial charge in [-0.3, -0.25) is 9.59 Å². The minimum atomic E-state index is -0.233. The van der Waals surface area contributed by atoms with E-state index in [4.69, 9.17) is 0 Å². The highest BCUT2D eigenvalue weighted by Gasteiger charge is 2.24. The Morgan fingerprint density at radius 3 is 2.04 bits per heavy atom. The van der Waals surface area contributed by atoms with E-state index in [9.17, 15) is 9.59 Å². The van der Waals surface area contributed by atoms with Crippen molar-refractivity contribution >= 4 is 41.2 Å². The first-order valence-electron chi connectivity index (χ1n) is 9.29. The number of allylic oxidation sites excluding steroid dienone is 4. The Labute approximate surface area is 174 Å². The summed E-state index contributed by atoms with van der Waals surface area (Å²) in [6, 6.07) is 18.9. The SMILES string of the molecule is O=C(C=CC=Cc1ccccc1)C(C(=O)c1ccccc1)=C1SCCCCS1. The fourth-order valence-electron chi connectivity index (χ4n) is 2.72. The Bertz CT molecular complexity index is 887. The maximum absolute atomic E-state index is 13.1. The van der Waals surface area contributed by atoms with E-state index in [0.717, 1.165) is 34.1 Å². The van der Waals surface area contributed by atoms with E-state index in [2.05, 4.69) is 0 Å². The van der Waals surface area contributed by atoms with Crippen LogP contribution >= 0.6 is 23.5 Å². The second-order valence-corrected chi connectivity index (χ2v) is 8.72. The molecule has 2 aromatic rings. The first-order chi connectivity index (χ1) is 13.8. The van der Waals surface area contributed by atoms with Crippen LogP contribution in [-0.2, 0) is 4.79 Å². The average molecular weight is 407 g/mol. The molecule has 0 saturated carbocycles. The average Bonchev–Trinajstić information content (AvgIpc) is 3.02. The lowest BCUT2D eigenvalue weighted by Crippen LogP contribution is -2.13. The Hall–Kier alpha value is -2.30. The van der Waals surface area contributed by atoms with Gasteiger partial charge in [-0.05, 0) is 36.0 Å². The molecule has 1 aliphatic heterocycles. The summed E-state index contributed by atoms with van der Waals surface area (Å²) < 4.78 is 0.855. The van der Waals surface area contributed by atoms with E-state index < -0.39 is 0 Å². The summed E-state index contributed by atoms with van der Waals surface area (Å²) in [4.78, 5) is 26.0. The lowest BCUT2D eigenvalue weighted by molar-refractivity contribution is -0.111.